The highest BCUT2D eigenvalue weighted by Gasteiger charge is 2.79. The Hall–Kier alpha value is -2.19. The number of amides is 2. The fraction of sp³-hybridized carbons (Fsp3) is 0.750. The second kappa shape index (κ2) is 11.1. The molecule has 202 valence electrons. The number of fused-ring (bicyclic) bond motifs is 1. The van der Waals surface area contributed by atoms with Gasteiger partial charge in [0.15, 0.2) is 0 Å². The predicted molar refractivity (Wildman–Crippen MR) is 137 cm³/mol. The summed E-state index contributed by atoms with van der Waals surface area (Å²) in [5, 5.41) is 10.4. The molecule has 3 aliphatic heterocycles. The van der Waals surface area contributed by atoms with Gasteiger partial charge in [-0.25, -0.2) is 0 Å². The summed E-state index contributed by atoms with van der Waals surface area (Å²) in [5.41, 5.74) is -2.04. The molecule has 3 heterocycles. The Labute approximate surface area is 215 Å². The molecule has 8 nitrogen and oxygen atoms in total. The van der Waals surface area contributed by atoms with Gasteiger partial charge in [0, 0.05) is 12.6 Å². The Kier molecular flexibility index (Phi) is 8.71. The van der Waals surface area contributed by atoms with E-state index in [9.17, 15) is 19.5 Å². The van der Waals surface area contributed by atoms with Gasteiger partial charge in [0.1, 0.15) is 24.2 Å². The van der Waals surface area contributed by atoms with E-state index in [1.54, 1.807) is 15.9 Å². The number of aliphatic hydroxyl groups excluding tert-OH is 1. The van der Waals surface area contributed by atoms with E-state index >= 15 is 0 Å². The summed E-state index contributed by atoms with van der Waals surface area (Å²) in [6.07, 6.45) is 6.65. The van der Waals surface area contributed by atoms with Gasteiger partial charge in [0.25, 0.3) is 0 Å². The van der Waals surface area contributed by atoms with Crippen LogP contribution in [0.5, 0.6) is 0 Å². The van der Waals surface area contributed by atoms with E-state index in [-0.39, 0.29) is 37.0 Å². The second-order valence-corrected chi connectivity index (χ2v) is 10.9. The normalized spacial score (nSPS) is 33.1. The standard InChI is InChI=1S/C28H44N2O6/c1-8-12-19(6)29(15-9-2)25(33)23-28-14-13-27(7,36-28)22(26(34)35-16-10-3)21(28)24(32)30(23)20(17-31)18(5)11-4/h9-10,18-23,31H,2-3,8,11-17H2,1,4-7H3/t18-,19?,20-,21-,22+,23?,27-,28?/m0/s1. The molecule has 8 atom stereocenters. The lowest BCUT2D eigenvalue weighted by atomic mass is 9.66. The summed E-state index contributed by atoms with van der Waals surface area (Å²) in [6, 6.07) is -1.56. The SMILES string of the molecule is C=CCOC(=O)[C@H]1[C@H]2C(=O)N([C@@H](CO)[C@@H](C)CC)C(C(=O)N(CC=C)C(C)CCC)C23CC[C@]1(C)O3. The number of esters is 1. The third-order valence-corrected chi connectivity index (χ3v) is 8.74. The molecule has 3 aliphatic rings. The molecule has 8 heteroatoms. The van der Waals surface area contributed by atoms with E-state index in [2.05, 4.69) is 20.1 Å². The van der Waals surface area contributed by atoms with Gasteiger partial charge in [-0.1, -0.05) is 52.3 Å². The zero-order valence-corrected chi connectivity index (χ0v) is 22.6. The average Bonchev–Trinajstić information content (AvgIpc) is 3.42. The minimum Gasteiger partial charge on any atom is -0.461 e. The van der Waals surface area contributed by atoms with E-state index in [0.29, 0.717) is 19.4 Å². The van der Waals surface area contributed by atoms with Crippen LogP contribution in [-0.2, 0) is 23.9 Å². The Bertz CT molecular complexity index is 876. The van der Waals surface area contributed by atoms with E-state index in [0.717, 1.165) is 19.3 Å². The zero-order valence-electron chi connectivity index (χ0n) is 22.6. The van der Waals surface area contributed by atoms with Crippen LogP contribution in [0, 0.1) is 17.8 Å². The smallest absolute Gasteiger partial charge is 0.313 e. The van der Waals surface area contributed by atoms with Crippen LogP contribution >= 0.6 is 0 Å². The van der Waals surface area contributed by atoms with Crippen molar-refractivity contribution in [2.24, 2.45) is 17.8 Å². The fourth-order valence-electron chi connectivity index (χ4n) is 6.76. The summed E-state index contributed by atoms with van der Waals surface area (Å²) >= 11 is 0. The molecular formula is C28H44N2O6. The molecule has 0 saturated carbocycles. The molecule has 1 spiro atoms. The lowest BCUT2D eigenvalue weighted by Gasteiger charge is -2.42. The number of aliphatic hydroxyl groups is 1. The summed E-state index contributed by atoms with van der Waals surface area (Å²) in [7, 11) is 0. The van der Waals surface area contributed by atoms with Gasteiger partial charge in [-0.3, -0.25) is 14.4 Å². The minimum atomic E-state index is -1.15. The van der Waals surface area contributed by atoms with Gasteiger partial charge in [0.2, 0.25) is 11.8 Å². The molecule has 3 unspecified atom stereocenters. The molecule has 3 saturated heterocycles. The average molecular weight is 505 g/mol. The fourth-order valence-corrected chi connectivity index (χ4v) is 6.76. The van der Waals surface area contributed by atoms with E-state index in [1.807, 2.05) is 27.7 Å². The lowest BCUT2D eigenvalue weighted by Crippen LogP contribution is -2.61. The number of likely N-dealkylation sites (tertiary alicyclic amines) is 1. The Morgan fingerprint density at radius 2 is 1.97 bits per heavy atom. The van der Waals surface area contributed by atoms with Crippen LogP contribution in [0.4, 0.5) is 0 Å². The van der Waals surface area contributed by atoms with Gasteiger partial charge < -0.3 is 24.4 Å². The monoisotopic (exact) mass is 504 g/mol. The van der Waals surface area contributed by atoms with Crippen molar-refractivity contribution in [3.05, 3.63) is 25.3 Å². The quantitative estimate of drug-likeness (QED) is 0.306. The number of nitrogens with zero attached hydrogens (tertiary/aromatic N) is 2. The van der Waals surface area contributed by atoms with E-state index in [1.165, 1.54) is 6.08 Å². The van der Waals surface area contributed by atoms with Crippen molar-refractivity contribution in [3.63, 3.8) is 0 Å². The predicted octanol–water partition coefficient (Wildman–Crippen LogP) is 3.09. The lowest BCUT2D eigenvalue weighted by molar-refractivity contribution is -0.162. The zero-order chi connectivity index (χ0) is 26.8. The van der Waals surface area contributed by atoms with Crippen molar-refractivity contribution in [1.82, 2.24) is 9.80 Å². The van der Waals surface area contributed by atoms with Crippen LogP contribution in [-0.4, -0.2) is 81.8 Å². The van der Waals surface area contributed by atoms with E-state index < -0.39 is 41.1 Å². The molecular weight excluding hydrogens is 460 g/mol. The molecule has 3 fully saturated rings. The van der Waals surface area contributed by atoms with Crippen LogP contribution < -0.4 is 0 Å². The van der Waals surface area contributed by atoms with Gasteiger partial charge in [-0.2, -0.15) is 0 Å². The van der Waals surface area contributed by atoms with Crippen molar-refractivity contribution < 1.29 is 29.0 Å². The van der Waals surface area contributed by atoms with Crippen molar-refractivity contribution in [3.8, 4) is 0 Å². The largest absolute Gasteiger partial charge is 0.461 e. The number of ether oxygens (including phenoxy) is 2. The second-order valence-electron chi connectivity index (χ2n) is 10.9. The summed E-state index contributed by atoms with van der Waals surface area (Å²) in [5.74, 6) is -2.74. The van der Waals surface area contributed by atoms with Crippen molar-refractivity contribution >= 4 is 17.8 Å². The van der Waals surface area contributed by atoms with Gasteiger partial charge in [0.05, 0.1) is 24.2 Å². The van der Waals surface area contributed by atoms with Crippen LogP contribution in [0.15, 0.2) is 25.3 Å². The molecule has 0 aliphatic carbocycles. The molecule has 0 aromatic rings. The van der Waals surface area contributed by atoms with Crippen LogP contribution in [0.3, 0.4) is 0 Å². The highest BCUT2D eigenvalue weighted by molar-refractivity contribution is 5.98. The van der Waals surface area contributed by atoms with Gasteiger partial charge >= 0.3 is 5.97 Å². The number of carbonyl (C=O) groups excluding carboxylic acids is 3. The Morgan fingerprint density at radius 3 is 2.53 bits per heavy atom. The number of rotatable bonds is 13. The molecule has 3 rings (SSSR count). The third kappa shape index (κ3) is 4.40. The number of hydrogen-bond donors (Lipinski definition) is 1. The van der Waals surface area contributed by atoms with Gasteiger partial charge in [-0.05, 0) is 39.0 Å². The van der Waals surface area contributed by atoms with Crippen molar-refractivity contribution in [2.75, 3.05) is 19.8 Å². The topological polar surface area (TPSA) is 96.4 Å². The maximum atomic E-state index is 14.4. The first-order valence-corrected chi connectivity index (χ1v) is 13.4. The maximum absolute atomic E-state index is 14.4. The Balaban J connectivity index is 2.15. The first kappa shape index (κ1) is 28.4. The first-order valence-electron chi connectivity index (χ1n) is 13.4. The Morgan fingerprint density at radius 1 is 1.28 bits per heavy atom. The van der Waals surface area contributed by atoms with Crippen LogP contribution in [0.1, 0.15) is 66.7 Å². The number of hydrogen-bond acceptors (Lipinski definition) is 6. The highest BCUT2D eigenvalue weighted by Crippen LogP contribution is 2.64. The van der Waals surface area contributed by atoms with Crippen molar-refractivity contribution in [2.45, 2.75) is 96.1 Å². The summed E-state index contributed by atoms with van der Waals surface area (Å²) in [6.45, 7) is 17.5. The van der Waals surface area contributed by atoms with Crippen LogP contribution in [0.2, 0.25) is 0 Å². The van der Waals surface area contributed by atoms with E-state index in [4.69, 9.17) is 9.47 Å². The van der Waals surface area contributed by atoms with Crippen LogP contribution in [0.25, 0.3) is 0 Å². The molecule has 0 aromatic carbocycles. The maximum Gasteiger partial charge on any atom is 0.313 e. The first-order chi connectivity index (χ1) is 17.1. The molecule has 0 radical (unpaired) electrons. The minimum absolute atomic E-state index is 0.0408. The molecule has 36 heavy (non-hydrogen) atoms. The number of carbonyl (C=O) groups is 3. The molecule has 0 aromatic heterocycles. The molecule has 2 bridgehead atoms. The summed E-state index contributed by atoms with van der Waals surface area (Å²) < 4.78 is 12.1. The van der Waals surface area contributed by atoms with Crippen molar-refractivity contribution in [1.29, 1.82) is 0 Å². The highest BCUT2D eigenvalue weighted by atomic mass is 16.6. The third-order valence-electron chi connectivity index (χ3n) is 8.74. The summed E-state index contributed by atoms with van der Waals surface area (Å²) in [4.78, 5) is 45.2. The molecule has 2 amide bonds. The van der Waals surface area contributed by atoms with Gasteiger partial charge in [-0.15, -0.1) is 6.58 Å². The molecule has 1 N–H and O–H groups in total.